The van der Waals surface area contributed by atoms with Crippen LogP contribution in [0.15, 0.2) is 54.0 Å². The van der Waals surface area contributed by atoms with Crippen molar-refractivity contribution in [1.82, 2.24) is 9.97 Å². The van der Waals surface area contributed by atoms with Crippen molar-refractivity contribution in [1.29, 1.82) is 0 Å². The number of methoxy groups -OCH3 is 2. The van der Waals surface area contributed by atoms with E-state index in [1.165, 1.54) is 44.6 Å². The van der Waals surface area contributed by atoms with Gasteiger partial charge in [0.05, 0.1) is 20.4 Å². The molecule has 2 aliphatic rings. The lowest BCUT2D eigenvalue weighted by atomic mass is 9.94. The number of rotatable bonds is 6. The summed E-state index contributed by atoms with van der Waals surface area (Å²) >= 11 is 0. The molecule has 2 aliphatic carbocycles. The summed E-state index contributed by atoms with van der Waals surface area (Å²) < 4.78 is 23.3. The average molecular weight is 432 g/mol. The Morgan fingerprint density at radius 2 is 1.52 bits per heavy atom. The Morgan fingerprint density at radius 3 is 1.97 bits per heavy atom. The smallest absolute Gasteiger partial charge is 0.342 e. The SMILES string of the molecule is COC(=O)C1(O)C=CC(Nc2ncc(F)c(NC3=CCC(O)(C(=O)OC)C=C3)n2)=CC1. The minimum absolute atomic E-state index is 0.0222. The lowest BCUT2D eigenvalue weighted by Crippen LogP contribution is -2.38. The van der Waals surface area contributed by atoms with Crippen LogP contribution < -0.4 is 10.6 Å². The molecule has 0 amide bonds. The van der Waals surface area contributed by atoms with E-state index in [0.29, 0.717) is 11.4 Å². The van der Waals surface area contributed by atoms with Gasteiger partial charge in [0.15, 0.2) is 22.8 Å². The molecule has 11 heteroatoms. The Balaban J connectivity index is 1.68. The number of aromatic nitrogens is 2. The van der Waals surface area contributed by atoms with Crippen LogP contribution in [0.1, 0.15) is 12.8 Å². The van der Waals surface area contributed by atoms with Gasteiger partial charge < -0.3 is 30.3 Å². The van der Waals surface area contributed by atoms with E-state index in [1.54, 1.807) is 6.08 Å². The largest absolute Gasteiger partial charge is 0.467 e. The number of hydrogen-bond acceptors (Lipinski definition) is 10. The first kappa shape index (κ1) is 22.1. The van der Waals surface area contributed by atoms with Gasteiger partial charge in [-0.3, -0.25) is 0 Å². The van der Waals surface area contributed by atoms with E-state index in [1.807, 2.05) is 0 Å². The molecule has 0 saturated carbocycles. The molecule has 2 unspecified atom stereocenters. The van der Waals surface area contributed by atoms with Crippen LogP contribution in [0.5, 0.6) is 0 Å². The summed E-state index contributed by atoms with van der Waals surface area (Å²) in [6.45, 7) is 0. The normalized spacial score (nSPS) is 24.7. The van der Waals surface area contributed by atoms with Crippen molar-refractivity contribution in [3.63, 3.8) is 0 Å². The van der Waals surface area contributed by atoms with Gasteiger partial charge in [-0.2, -0.15) is 4.98 Å². The lowest BCUT2D eigenvalue weighted by Gasteiger charge is -2.24. The van der Waals surface area contributed by atoms with Crippen LogP contribution in [0.25, 0.3) is 0 Å². The van der Waals surface area contributed by atoms with Gasteiger partial charge in [-0.25, -0.2) is 19.0 Å². The second-order valence-corrected chi connectivity index (χ2v) is 6.87. The molecule has 0 fully saturated rings. The first-order chi connectivity index (χ1) is 14.7. The summed E-state index contributed by atoms with van der Waals surface area (Å²) in [5, 5.41) is 26.0. The van der Waals surface area contributed by atoms with E-state index in [-0.39, 0.29) is 24.6 Å². The molecule has 10 nitrogen and oxygen atoms in total. The molecule has 1 aromatic heterocycles. The molecule has 4 N–H and O–H groups in total. The van der Waals surface area contributed by atoms with E-state index in [4.69, 9.17) is 0 Å². The molecule has 0 saturated heterocycles. The maximum Gasteiger partial charge on any atom is 0.342 e. The molecule has 1 heterocycles. The second kappa shape index (κ2) is 8.66. The number of aliphatic hydroxyl groups is 2. The number of esters is 2. The quantitative estimate of drug-likeness (QED) is 0.480. The van der Waals surface area contributed by atoms with Gasteiger partial charge in [-0.05, 0) is 24.3 Å². The Morgan fingerprint density at radius 1 is 1.00 bits per heavy atom. The summed E-state index contributed by atoms with van der Waals surface area (Å²) in [7, 11) is 2.35. The lowest BCUT2D eigenvalue weighted by molar-refractivity contribution is -0.157. The van der Waals surface area contributed by atoms with Crippen LogP contribution in [0.4, 0.5) is 16.2 Å². The molecule has 164 valence electrons. The van der Waals surface area contributed by atoms with Crippen molar-refractivity contribution in [2.75, 3.05) is 24.9 Å². The van der Waals surface area contributed by atoms with E-state index in [0.717, 1.165) is 6.20 Å². The summed E-state index contributed by atoms with van der Waals surface area (Å²) in [5.41, 5.74) is -2.62. The van der Waals surface area contributed by atoms with Crippen molar-refractivity contribution < 1.29 is 33.7 Å². The number of anilines is 2. The fourth-order valence-electron chi connectivity index (χ4n) is 2.88. The number of allylic oxidation sites excluding steroid dienone is 2. The van der Waals surface area contributed by atoms with Crippen LogP contribution in [0, 0.1) is 5.82 Å². The number of nitrogens with one attached hydrogen (secondary N) is 2. The number of halogens is 1. The Kier molecular flexibility index (Phi) is 6.18. The number of carbonyl (C=O) groups is 2. The van der Waals surface area contributed by atoms with Gasteiger partial charge in [-0.1, -0.05) is 12.2 Å². The third-order valence-corrected chi connectivity index (χ3v) is 4.68. The van der Waals surface area contributed by atoms with Gasteiger partial charge in [0.1, 0.15) is 0 Å². The van der Waals surface area contributed by atoms with Crippen LogP contribution >= 0.6 is 0 Å². The molecule has 2 atom stereocenters. The molecule has 0 bridgehead atoms. The van der Waals surface area contributed by atoms with Crippen LogP contribution in [0.2, 0.25) is 0 Å². The predicted octanol–water partition coefficient (Wildman–Crippen LogP) is 0.935. The Labute approximate surface area is 176 Å². The molecule has 31 heavy (non-hydrogen) atoms. The summed E-state index contributed by atoms with van der Waals surface area (Å²) in [4.78, 5) is 31.2. The highest BCUT2D eigenvalue weighted by Crippen LogP contribution is 2.25. The van der Waals surface area contributed by atoms with Crippen LogP contribution in [-0.4, -0.2) is 57.5 Å². The van der Waals surface area contributed by atoms with E-state index >= 15 is 0 Å². The fraction of sp³-hybridized carbons (Fsp3) is 0.300. The minimum Gasteiger partial charge on any atom is -0.467 e. The molecule has 0 aromatic carbocycles. The monoisotopic (exact) mass is 432 g/mol. The van der Waals surface area contributed by atoms with Gasteiger partial charge in [-0.15, -0.1) is 0 Å². The highest BCUT2D eigenvalue weighted by Gasteiger charge is 2.36. The van der Waals surface area contributed by atoms with Crippen LogP contribution in [0.3, 0.4) is 0 Å². The molecule has 0 aliphatic heterocycles. The molecule has 3 rings (SSSR count). The van der Waals surface area contributed by atoms with Crippen molar-refractivity contribution in [2.24, 2.45) is 0 Å². The standard InChI is InChI=1S/C20H21FN4O6/c1-30-16(26)19(28)7-3-12(4-8-19)23-15-14(21)11-22-18(25-15)24-13-5-9-20(29,10-6-13)17(27)31-2/h3-7,9,11,28-29H,8,10H2,1-2H3,(H2,22,23,24,25). The molecule has 1 aromatic rings. The summed E-state index contributed by atoms with van der Waals surface area (Å²) in [5.74, 6) is -2.37. The van der Waals surface area contributed by atoms with Crippen molar-refractivity contribution in [3.05, 3.63) is 59.9 Å². The van der Waals surface area contributed by atoms with Crippen LogP contribution in [-0.2, 0) is 19.1 Å². The molecular weight excluding hydrogens is 411 g/mol. The predicted molar refractivity (Wildman–Crippen MR) is 107 cm³/mol. The summed E-state index contributed by atoms with van der Waals surface area (Å²) in [6.07, 6.45) is 9.34. The maximum absolute atomic E-state index is 14.2. The topological polar surface area (TPSA) is 143 Å². The molecule has 0 radical (unpaired) electrons. The van der Waals surface area contributed by atoms with Crippen molar-refractivity contribution in [2.45, 2.75) is 24.0 Å². The zero-order valence-corrected chi connectivity index (χ0v) is 16.8. The van der Waals surface area contributed by atoms with Gasteiger partial charge in [0.25, 0.3) is 0 Å². The number of carbonyl (C=O) groups excluding carboxylic acids is 2. The number of hydrogen-bond donors (Lipinski definition) is 4. The van der Waals surface area contributed by atoms with E-state index in [2.05, 4.69) is 30.1 Å². The third kappa shape index (κ3) is 4.78. The van der Waals surface area contributed by atoms with Crippen molar-refractivity contribution in [3.8, 4) is 0 Å². The third-order valence-electron chi connectivity index (χ3n) is 4.68. The number of nitrogens with zero attached hydrogens (tertiary/aromatic N) is 2. The van der Waals surface area contributed by atoms with Crippen molar-refractivity contribution >= 4 is 23.7 Å². The van der Waals surface area contributed by atoms with E-state index in [9.17, 15) is 24.2 Å². The Hall–Kier alpha value is -3.57. The molecular formula is C20H21FN4O6. The highest BCUT2D eigenvalue weighted by atomic mass is 19.1. The fourth-order valence-corrected chi connectivity index (χ4v) is 2.88. The first-order valence-corrected chi connectivity index (χ1v) is 9.16. The minimum atomic E-state index is -1.78. The second-order valence-electron chi connectivity index (χ2n) is 6.87. The first-order valence-electron chi connectivity index (χ1n) is 9.16. The highest BCUT2D eigenvalue weighted by molar-refractivity contribution is 5.83. The summed E-state index contributed by atoms with van der Waals surface area (Å²) in [6, 6.07) is 0. The van der Waals surface area contributed by atoms with Gasteiger partial charge >= 0.3 is 11.9 Å². The van der Waals surface area contributed by atoms with Gasteiger partial charge in [0, 0.05) is 24.2 Å². The van der Waals surface area contributed by atoms with Gasteiger partial charge in [0.2, 0.25) is 5.95 Å². The zero-order chi connectivity index (χ0) is 22.6. The Bertz CT molecular complexity index is 1020. The number of ether oxygens (including phenoxy) is 2. The maximum atomic E-state index is 14.2. The van der Waals surface area contributed by atoms with E-state index < -0.39 is 29.0 Å². The molecule has 0 spiro atoms. The average Bonchev–Trinajstić information content (AvgIpc) is 2.78. The zero-order valence-electron chi connectivity index (χ0n) is 16.8.